The number of fused-ring (bicyclic) bond motifs is 1. The van der Waals surface area contributed by atoms with Crippen LogP contribution in [0.4, 0.5) is 0 Å². The standard InChI is InChI=1S/C21H26N2O3S2/c1-12(2)23-20(25)18-14(4)15(5)28-19(18)22-21(23)27-11-16(24)10-26-17-8-6-13(3)7-9-17/h6-9,12,16,24H,10-11H2,1-5H3/t16-/m1/s1. The van der Waals surface area contributed by atoms with Crippen molar-refractivity contribution in [1.29, 1.82) is 0 Å². The Labute approximate surface area is 173 Å². The minimum atomic E-state index is -0.661. The predicted molar refractivity (Wildman–Crippen MR) is 117 cm³/mol. The number of aliphatic hydroxyl groups excluding tert-OH is 1. The largest absolute Gasteiger partial charge is 0.491 e. The average Bonchev–Trinajstić information content (AvgIpc) is 2.93. The van der Waals surface area contributed by atoms with Crippen molar-refractivity contribution in [2.24, 2.45) is 0 Å². The summed E-state index contributed by atoms with van der Waals surface area (Å²) in [4.78, 5) is 19.7. The number of thiophene rings is 1. The fourth-order valence-electron chi connectivity index (χ4n) is 2.89. The van der Waals surface area contributed by atoms with Gasteiger partial charge in [0.25, 0.3) is 5.56 Å². The zero-order chi connectivity index (χ0) is 20.4. The van der Waals surface area contributed by atoms with Crippen LogP contribution in [0.15, 0.2) is 34.2 Å². The van der Waals surface area contributed by atoms with Crippen molar-refractivity contribution in [2.45, 2.75) is 51.9 Å². The van der Waals surface area contributed by atoms with Crippen LogP contribution in [0.3, 0.4) is 0 Å². The van der Waals surface area contributed by atoms with Gasteiger partial charge in [0, 0.05) is 16.7 Å². The van der Waals surface area contributed by atoms with Crippen LogP contribution in [0.1, 0.15) is 35.9 Å². The molecule has 2 heterocycles. The molecule has 0 saturated heterocycles. The van der Waals surface area contributed by atoms with Gasteiger partial charge in [0.2, 0.25) is 0 Å². The van der Waals surface area contributed by atoms with E-state index in [9.17, 15) is 9.90 Å². The van der Waals surface area contributed by atoms with E-state index < -0.39 is 6.10 Å². The van der Waals surface area contributed by atoms with Crippen LogP contribution in [-0.2, 0) is 0 Å². The molecule has 3 aromatic rings. The van der Waals surface area contributed by atoms with Crippen molar-refractivity contribution >= 4 is 33.3 Å². The van der Waals surface area contributed by atoms with Gasteiger partial charge in [-0.05, 0) is 52.3 Å². The molecule has 0 aliphatic carbocycles. The number of aryl methyl sites for hydroxylation is 3. The van der Waals surface area contributed by atoms with E-state index in [1.807, 2.05) is 58.9 Å². The number of thioether (sulfide) groups is 1. The van der Waals surface area contributed by atoms with Crippen molar-refractivity contribution in [3.8, 4) is 5.75 Å². The van der Waals surface area contributed by atoms with E-state index in [-0.39, 0.29) is 18.2 Å². The van der Waals surface area contributed by atoms with Crippen molar-refractivity contribution in [2.75, 3.05) is 12.4 Å². The summed E-state index contributed by atoms with van der Waals surface area (Å²) < 4.78 is 7.37. The molecule has 0 saturated carbocycles. The maximum Gasteiger partial charge on any atom is 0.263 e. The predicted octanol–water partition coefficient (Wildman–Crippen LogP) is 4.50. The smallest absolute Gasteiger partial charge is 0.263 e. The minimum absolute atomic E-state index is 0.00487. The number of hydrogen-bond donors (Lipinski definition) is 1. The number of hydrogen-bond acceptors (Lipinski definition) is 6. The molecule has 28 heavy (non-hydrogen) atoms. The molecule has 3 rings (SSSR count). The Bertz CT molecular complexity index is 1020. The van der Waals surface area contributed by atoms with E-state index in [0.717, 1.165) is 26.6 Å². The zero-order valence-electron chi connectivity index (χ0n) is 16.9. The highest BCUT2D eigenvalue weighted by Crippen LogP contribution is 2.29. The van der Waals surface area contributed by atoms with Crippen LogP contribution in [0.5, 0.6) is 5.75 Å². The normalized spacial score (nSPS) is 12.7. The van der Waals surface area contributed by atoms with E-state index >= 15 is 0 Å². The molecule has 1 N–H and O–H groups in total. The third-order valence-corrected chi connectivity index (χ3v) is 6.79. The molecule has 0 amide bonds. The molecule has 1 aromatic carbocycles. The first-order valence-electron chi connectivity index (χ1n) is 9.30. The van der Waals surface area contributed by atoms with Crippen molar-refractivity contribution in [3.63, 3.8) is 0 Å². The molecule has 150 valence electrons. The lowest BCUT2D eigenvalue weighted by atomic mass is 10.2. The molecule has 2 aromatic heterocycles. The Kier molecular flexibility index (Phi) is 6.47. The van der Waals surface area contributed by atoms with Gasteiger partial charge >= 0.3 is 0 Å². The lowest BCUT2D eigenvalue weighted by Gasteiger charge is -2.17. The zero-order valence-corrected chi connectivity index (χ0v) is 18.5. The SMILES string of the molecule is Cc1ccc(OC[C@@H](O)CSc2nc3sc(C)c(C)c3c(=O)n2C(C)C)cc1. The Hall–Kier alpha value is -1.83. The molecule has 0 fully saturated rings. The molecular weight excluding hydrogens is 392 g/mol. The third kappa shape index (κ3) is 4.42. The maximum absolute atomic E-state index is 13.0. The van der Waals surface area contributed by atoms with E-state index in [2.05, 4.69) is 0 Å². The van der Waals surface area contributed by atoms with Crippen molar-refractivity contribution < 1.29 is 9.84 Å². The van der Waals surface area contributed by atoms with Crippen LogP contribution in [-0.4, -0.2) is 33.1 Å². The Morgan fingerprint density at radius 3 is 2.54 bits per heavy atom. The molecule has 5 nitrogen and oxygen atoms in total. The lowest BCUT2D eigenvalue weighted by molar-refractivity contribution is 0.126. The Morgan fingerprint density at radius 2 is 1.89 bits per heavy atom. The summed E-state index contributed by atoms with van der Waals surface area (Å²) in [6, 6.07) is 7.72. The maximum atomic E-state index is 13.0. The summed E-state index contributed by atoms with van der Waals surface area (Å²) in [5, 5.41) is 11.7. The first-order valence-corrected chi connectivity index (χ1v) is 11.1. The quantitative estimate of drug-likeness (QED) is 0.452. The highest BCUT2D eigenvalue weighted by molar-refractivity contribution is 7.99. The van der Waals surface area contributed by atoms with Crippen LogP contribution in [0.25, 0.3) is 10.2 Å². The number of ether oxygens (including phenoxy) is 1. The van der Waals surface area contributed by atoms with Gasteiger partial charge in [-0.2, -0.15) is 0 Å². The van der Waals surface area contributed by atoms with Gasteiger partial charge in [0.15, 0.2) is 5.16 Å². The van der Waals surface area contributed by atoms with Crippen LogP contribution < -0.4 is 10.3 Å². The summed E-state index contributed by atoms with van der Waals surface area (Å²) >= 11 is 2.94. The monoisotopic (exact) mass is 418 g/mol. The van der Waals surface area contributed by atoms with Crippen molar-refractivity contribution in [3.05, 3.63) is 50.6 Å². The van der Waals surface area contributed by atoms with Crippen LogP contribution in [0, 0.1) is 20.8 Å². The topological polar surface area (TPSA) is 64.3 Å². The molecule has 0 bridgehead atoms. The van der Waals surface area contributed by atoms with E-state index in [4.69, 9.17) is 9.72 Å². The molecule has 0 unspecified atom stereocenters. The van der Waals surface area contributed by atoms with Gasteiger partial charge in [0.05, 0.1) is 11.5 Å². The lowest BCUT2D eigenvalue weighted by Crippen LogP contribution is -2.26. The van der Waals surface area contributed by atoms with Gasteiger partial charge in [-0.1, -0.05) is 29.5 Å². The Morgan fingerprint density at radius 1 is 1.21 bits per heavy atom. The molecule has 0 spiro atoms. The fraction of sp³-hybridized carbons (Fsp3) is 0.429. The van der Waals surface area contributed by atoms with Crippen molar-refractivity contribution in [1.82, 2.24) is 9.55 Å². The summed E-state index contributed by atoms with van der Waals surface area (Å²) in [7, 11) is 0. The second-order valence-electron chi connectivity index (χ2n) is 7.22. The molecule has 7 heteroatoms. The fourth-order valence-corrected chi connectivity index (χ4v) is 4.99. The van der Waals surface area contributed by atoms with Gasteiger partial charge in [-0.15, -0.1) is 11.3 Å². The molecule has 0 radical (unpaired) electrons. The van der Waals surface area contributed by atoms with Gasteiger partial charge < -0.3 is 9.84 Å². The Balaban J connectivity index is 1.75. The van der Waals surface area contributed by atoms with E-state index in [1.54, 1.807) is 15.9 Å². The second kappa shape index (κ2) is 8.68. The second-order valence-corrected chi connectivity index (χ2v) is 9.41. The summed E-state index contributed by atoms with van der Waals surface area (Å²) in [6.07, 6.45) is -0.661. The van der Waals surface area contributed by atoms with E-state index in [1.165, 1.54) is 11.8 Å². The molecule has 1 atom stereocenters. The van der Waals surface area contributed by atoms with E-state index in [0.29, 0.717) is 16.3 Å². The number of aromatic nitrogens is 2. The average molecular weight is 419 g/mol. The van der Waals surface area contributed by atoms with Gasteiger partial charge in [0.1, 0.15) is 17.2 Å². The first kappa shape index (κ1) is 20.9. The number of benzene rings is 1. The number of rotatable bonds is 7. The summed E-state index contributed by atoms with van der Waals surface area (Å²) in [6.45, 7) is 10.2. The summed E-state index contributed by atoms with van der Waals surface area (Å²) in [5.41, 5.74) is 2.17. The summed E-state index contributed by atoms with van der Waals surface area (Å²) in [5.74, 6) is 1.14. The molecule has 0 aliphatic rings. The number of aliphatic hydroxyl groups is 1. The van der Waals surface area contributed by atoms with Crippen LogP contribution in [0.2, 0.25) is 0 Å². The highest BCUT2D eigenvalue weighted by Gasteiger charge is 2.19. The van der Waals surface area contributed by atoms with Gasteiger partial charge in [-0.25, -0.2) is 4.98 Å². The third-order valence-electron chi connectivity index (χ3n) is 4.59. The first-order chi connectivity index (χ1) is 13.3. The molecular formula is C21H26N2O3S2. The van der Waals surface area contributed by atoms with Gasteiger partial charge in [-0.3, -0.25) is 9.36 Å². The minimum Gasteiger partial charge on any atom is -0.491 e. The van der Waals surface area contributed by atoms with Crippen LogP contribution >= 0.6 is 23.1 Å². The molecule has 0 aliphatic heterocycles. The highest BCUT2D eigenvalue weighted by atomic mass is 32.2. The number of nitrogens with zero attached hydrogens (tertiary/aromatic N) is 2.